The van der Waals surface area contributed by atoms with Crippen molar-refractivity contribution in [3.8, 4) is 11.4 Å². The van der Waals surface area contributed by atoms with Crippen molar-refractivity contribution in [3.63, 3.8) is 0 Å². The molecule has 0 bridgehead atoms. The van der Waals surface area contributed by atoms with Crippen LogP contribution in [0.25, 0.3) is 22.8 Å². The first-order valence-electron chi connectivity index (χ1n) is 9.85. The lowest BCUT2D eigenvalue weighted by molar-refractivity contribution is -0.111. The molecule has 156 valence electrons. The van der Waals surface area contributed by atoms with Crippen LogP contribution in [-0.2, 0) is 11.2 Å². The summed E-state index contributed by atoms with van der Waals surface area (Å²) in [6, 6.07) is 19.2. The van der Waals surface area contributed by atoms with Gasteiger partial charge in [0.1, 0.15) is 16.8 Å². The fourth-order valence-corrected chi connectivity index (χ4v) is 3.54. The normalized spacial score (nSPS) is 11.2. The number of aryl methyl sites for hydroxylation is 1. The Morgan fingerprint density at radius 1 is 1.06 bits per heavy atom. The van der Waals surface area contributed by atoms with E-state index in [0.717, 1.165) is 27.7 Å². The number of hydrogen-bond acceptors (Lipinski definition) is 4. The first-order valence-corrected chi connectivity index (χ1v) is 10.6. The molecule has 0 radical (unpaired) electrons. The van der Waals surface area contributed by atoms with E-state index >= 15 is 0 Å². The average molecular weight is 477 g/mol. The van der Waals surface area contributed by atoms with E-state index in [1.54, 1.807) is 18.0 Å². The van der Waals surface area contributed by atoms with Crippen LogP contribution in [-0.4, -0.2) is 28.0 Å². The lowest BCUT2D eigenvalue weighted by Crippen LogP contribution is -2.07. The topological polar surface area (TPSA) is 69.0 Å². The van der Waals surface area contributed by atoms with Crippen molar-refractivity contribution >= 4 is 44.6 Å². The third-order valence-corrected chi connectivity index (χ3v) is 5.32. The number of carbonyl (C=O) groups excluding carboxylic acids is 1. The highest BCUT2D eigenvalue weighted by Crippen LogP contribution is 2.24. The van der Waals surface area contributed by atoms with E-state index in [4.69, 9.17) is 4.74 Å². The van der Waals surface area contributed by atoms with Gasteiger partial charge in [-0.3, -0.25) is 4.79 Å². The highest BCUT2D eigenvalue weighted by Gasteiger charge is 2.07. The van der Waals surface area contributed by atoms with Crippen LogP contribution in [0.1, 0.15) is 18.1 Å². The van der Waals surface area contributed by atoms with E-state index < -0.39 is 0 Å². The second-order valence-corrected chi connectivity index (χ2v) is 7.84. The Morgan fingerprint density at radius 3 is 2.58 bits per heavy atom. The number of nitrogens with one attached hydrogen (secondary N) is 1. The number of halogens is 1. The first kappa shape index (κ1) is 20.8. The fraction of sp³-hybridized carbons (Fsp3) is 0.125. The molecular weight excluding hydrogens is 456 g/mol. The predicted octanol–water partition coefficient (Wildman–Crippen LogP) is 5.41. The molecule has 1 N–H and O–H groups in total. The van der Waals surface area contributed by atoms with E-state index in [9.17, 15) is 4.79 Å². The van der Waals surface area contributed by atoms with E-state index in [-0.39, 0.29) is 5.91 Å². The van der Waals surface area contributed by atoms with Crippen LogP contribution in [0.4, 0.5) is 5.69 Å². The zero-order valence-electron chi connectivity index (χ0n) is 17.2. The van der Waals surface area contributed by atoms with Crippen molar-refractivity contribution < 1.29 is 9.53 Å². The van der Waals surface area contributed by atoms with Gasteiger partial charge >= 0.3 is 0 Å². The molecule has 0 saturated heterocycles. The van der Waals surface area contributed by atoms with Gasteiger partial charge < -0.3 is 10.1 Å². The summed E-state index contributed by atoms with van der Waals surface area (Å²) in [5.41, 5.74) is 5.07. The highest BCUT2D eigenvalue weighted by atomic mass is 79.9. The summed E-state index contributed by atoms with van der Waals surface area (Å²) in [5.74, 6) is 0.446. The van der Waals surface area contributed by atoms with Crippen LogP contribution >= 0.6 is 15.9 Å². The lowest BCUT2D eigenvalue weighted by atomic mass is 10.2. The molecule has 1 aromatic heterocycles. The number of aromatic nitrogens is 3. The highest BCUT2D eigenvalue weighted by molar-refractivity contribution is 9.10. The summed E-state index contributed by atoms with van der Waals surface area (Å²) in [6.45, 7) is 2.12. The molecule has 7 heteroatoms. The van der Waals surface area contributed by atoms with Crippen molar-refractivity contribution in [2.75, 3.05) is 12.4 Å². The van der Waals surface area contributed by atoms with Crippen LogP contribution in [0, 0.1) is 0 Å². The minimum Gasteiger partial charge on any atom is -0.496 e. The predicted molar refractivity (Wildman–Crippen MR) is 127 cm³/mol. The van der Waals surface area contributed by atoms with Gasteiger partial charge in [0, 0.05) is 21.8 Å². The maximum Gasteiger partial charge on any atom is 0.248 e. The largest absolute Gasteiger partial charge is 0.496 e. The Bertz CT molecular complexity index is 1260. The van der Waals surface area contributed by atoms with Crippen LogP contribution in [0.3, 0.4) is 0 Å². The molecule has 31 heavy (non-hydrogen) atoms. The zero-order chi connectivity index (χ0) is 21.8. The minimum atomic E-state index is -0.246. The van der Waals surface area contributed by atoms with E-state index in [0.29, 0.717) is 17.0 Å². The molecular formula is C24H21BrN4O2. The van der Waals surface area contributed by atoms with E-state index in [1.165, 1.54) is 11.6 Å². The molecule has 0 saturated carbocycles. The van der Waals surface area contributed by atoms with Crippen LogP contribution in [0.2, 0.25) is 0 Å². The number of rotatable bonds is 6. The molecule has 3 aromatic carbocycles. The Balaban J connectivity index is 1.51. The molecule has 4 rings (SSSR count). The van der Waals surface area contributed by atoms with Gasteiger partial charge in [-0.15, -0.1) is 10.2 Å². The monoisotopic (exact) mass is 476 g/mol. The third kappa shape index (κ3) is 4.83. The van der Waals surface area contributed by atoms with Gasteiger partial charge in [0.2, 0.25) is 5.91 Å². The molecule has 1 amide bonds. The Kier molecular flexibility index (Phi) is 6.13. The number of nitrogens with zero attached hydrogens (tertiary/aromatic N) is 3. The summed E-state index contributed by atoms with van der Waals surface area (Å²) < 4.78 is 6.24. The number of benzene rings is 3. The summed E-state index contributed by atoms with van der Waals surface area (Å²) in [4.78, 5) is 14.0. The third-order valence-electron chi connectivity index (χ3n) is 4.83. The Morgan fingerprint density at radius 2 is 1.84 bits per heavy atom. The number of hydrogen-bond donors (Lipinski definition) is 1. The second-order valence-electron chi connectivity index (χ2n) is 6.92. The smallest absolute Gasteiger partial charge is 0.248 e. The van der Waals surface area contributed by atoms with Gasteiger partial charge in [0.05, 0.1) is 12.8 Å². The van der Waals surface area contributed by atoms with Gasteiger partial charge in [-0.1, -0.05) is 35.0 Å². The van der Waals surface area contributed by atoms with Gasteiger partial charge in [-0.25, -0.2) is 0 Å². The molecule has 0 atom stereocenters. The Labute approximate surface area is 188 Å². The molecule has 1 heterocycles. The SMILES string of the molecule is CCc1ccc(-n2nc3ccc(NC(=O)/C=C/c4cc(Br)ccc4OC)cc3n2)cc1. The second kappa shape index (κ2) is 9.14. The molecule has 4 aromatic rings. The molecule has 0 aliphatic heterocycles. The van der Waals surface area contributed by atoms with Crippen molar-refractivity contribution in [2.24, 2.45) is 0 Å². The summed E-state index contributed by atoms with van der Waals surface area (Å²) in [6.07, 6.45) is 4.18. The lowest BCUT2D eigenvalue weighted by Gasteiger charge is -2.05. The Hall–Kier alpha value is -3.45. The van der Waals surface area contributed by atoms with Crippen molar-refractivity contribution in [2.45, 2.75) is 13.3 Å². The van der Waals surface area contributed by atoms with Gasteiger partial charge in [-0.2, -0.15) is 4.80 Å². The average Bonchev–Trinajstić information content (AvgIpc) is 3.21. The van der Waals surface area contributed by atoms with Crippen molar-refractivity contribution in [3.05, 3.63) is 82.3 Å². The molecule has 0 spiro atoms. The summed E-state index contributed by atoms with van der Waals surface area (Å²) in [5, 5.41) is 11.9. The summed E-state index contributed by atoms with van der Waals surface area (Å²) >= 11 is 3.43. The van der Waals surface area contributed by atoms with E-state index in [1.807, 2.05) is 48.5 Å². The number of ether oxygens (including phenoxy) is 1. The van der Waals surface area contributed by atoms with Gasteiger partial charge in [0.25, 0.3) is 0 Å². The van der Waals surface area contributed by atoms with Crippen LogP contribution in [0.15, 0.2) is 71.2 Å². The van der Waals surface area contributed by atoms with Crippen molar-refractivity contribution in [1.29, 1.82) is 0 Å². The maximum absolute atomic E-state index is 12.4. The number of amides is 1. The molecule has 0 fully saturated rings. The number of methoxy groups -OCH3 is 1. The molecule has 0 unspecified atom stereocenters. The maximum atomic E-state index is 12.4. The number of fused-ring (bicyclic) bond motifs is 1. The van der Waals surface area contributed by atoms with Crippen LogP contribution < -0.4 is 10.1 Å². The molecule has 0 aliphatic carbocycles. The van der Waals surface area contributed by atoms with Gasteiger partial charge in [-0.05, 0) is 66.6 Å². The van der Waals surface area contributed by atoms with Gasteiger partial charge in [0.15, 0.2) is 0 Å². The standard InChI is InChI=1S/C24H21BrN4O2/c1-3-16-4-9-20(10-5-16)29-27-21-11-8-19(15-22(21)28-29)26-24(30)13-6-17-14-18(25)7-12-23(17)31-2/h4-15H,3H2,1-2H3,(H,26,30)/b13-6+. The minimum absolute atomic E-state index is 0.246. The van der Waals surface area contributed by atoms with Crippen LogP contribution in [0.5, 0.6) is 5.75 Å². The number of carbonyl (C=O) groups is 1. The molecule has 6 nitrogen and oxygen atoms in total. The van der Waals surface area contributed by atoms with E-state index in [2.05, 4.69) is 50.5 Å². The molecule has 0 aliphatic rings. The summed E-state index contributed by atoms with van der Waals surface area (Å²) in [7, 11) is 1.60. The fourth-order valence-electron chi connectivity index (χ4n) is 3.16. The van der Waals surface area contributed by atoms with Crippen molar-refractivity contribution in [1.82, 2.24) is 15.0 Å². The quantitative estimate of drug-likeness (QED) is 0.378. The first-order chi connectivity index (χ1) is 15.1. The zero-order valence-corrected chi connectivity index (χ0v) is 18.8. The number of anilines is 1.